The Labute approximate surface area is 141 Å². The Morgan fingerprint density at radius 3 is 2.50 bits per heavy atom. The molecule has 0 spiro atoms. The first-order valence-corrected chi connectivity index (χ1v) is 8.00. The Hall–Kier alpha value is -2.75. The van der Waals surface area contributed by atoms with Crippen molar-refractivity contribution in [3.8, 4) is 5.75 Å². The minimum Gasteiger partial charge on any atom is -0.489 e. The summed E-state index contributed by atoms with van der Waals surface area (Å²) in [5.74, 6) is 0.107. The number of carboxylic acids is 1. The molecule has 1 N–H and O–H groups in total. The van der Waals surface area contributed by atoms with Crippen LogP contribution in [0.3, 0.4) is 0 Å². The molecule has 0 bridgehead atoms. The molecular formula is C20H21NO3. The van der Waals surface area contributed by atoms with Gasteiger partial charge in [-0.05, 0) is 35.2 Å². The minimum atomic E-state index is -0.921. The second-order valence-electron chi connectivity index (χ2n) is 6.27. The van der Waals surface area contributed by atoms with Crippen LogP contribution in [0, 0.1) is 0 Å². The lowest BCUT2D eigenvalue weighted by Gasteiger charge is -2.14. The molecule has 0 saturated heterocycles. The number of aryl methyl sites for hydroxylation is 1. The average molecular weight is 323 g/mol. The van der Waals surface area contributed by atoms with Gasteiger partial charge in [0.25, 0.3) is 0 Å². The average Bonchev–Trinajstić information content (AvgIpc) is 2.90. The molecule has 0 aliphatic carbocycles. The molecule has 124 valence electrons. The lowest BCUT2D eigenvalue weighted by atomic mass is 10.00. The van der Waals surface area contributed by atoms with Crippen LogP contribution in [0.2, 0.25) is 0 Å². The molecule has 1 heterocycles. The van der Waals surface area contributed by atoms with Crippen LogP contribution in [0.5, 0.6) is 5.75 Å². The molecule has 0 atom stereocenters. The molecule has 0 saturated carbocycles. The molecule has 4 nitrogen and oxygen atoms in total. The third-order valence-corrected chi connectivity index (χ3v) is 4.22. The van der Waals surface area contributed by atoms with E-state index in [1.54, 1.807) is 17.7 Å². The normalized spacial score (nSPS) is 11.2. The van der Waals surface area contributed by atoms with E-state index in [2.05, 4.69) is 13.8 Å². The number of fused-ring (bicyclic) bond motifs is 1. The number of carbonyl (C=O) groups is 1. The zero-order chi connectivity index (χ0) is 17.3. The fraction of sp³-hybridized carbons (Fsp3) is 0.250. The van der Waals surface area contributed by atoms with Crippen molar-refractivity contribution in [3.05, 3.63) is 65.4 Å². The maximum absolute atomic E-state index is 11.4. The lowest BCUT2D eigenvalue weighted by Crippen LogP contribution is -2.05. The zero-order valence-corrected chi connectivity index (χ0v) is 14.1. The Kier molecular flexibility index (Phi) is 4.30. The van der Waals surface area contributed by atoms with Crippen molar-refractivity contribution in [3.63, 3.8) is 0 Å². The van der Waals surface area contributed by atoms with E-state index >= 15 is 0 Å². The fourth-order valence-corrected chi connectivity index (χ4v) is 2.98. The molecule has 0 amide bonds. The van der Waals surface area contributed by atoms with Crippen LogP contribution >= 0.6 is 0 Å². The summed E-state index contributed by atoms with van der Waals surface area (Å²) in [6.45, 7) is 4.69. The van der Waals surface area contributed by atoms with Crippen molar-refractivity contribution in [2.24, 2.45) is 7.05 Å². The number of aromatic carboxylic acids is 1. The monoisotopic (exact) mass is 323 g/mol. The van der Waals surface area contributed by atoms with Gasteiger partial charge in [-0.3, -0.25) is 0 Å². The topological polar surface area (TPSA) is 51.5 Å². The van der Waals surface area contributed by atoms with Crippen LogP contribution in [0.4, 0.5) is 0 Å². The molecule has 24 heavy (non-hydrogen) atoms. The number of nitrogens with zero attached hydrogens (tertiary/aromatic N) is 1. The van der Waals surface area contributed by atoms with Gasteiger partial charge in [0.15, 0.2) is 0 Å². The number of aromatic nitrogens is 1. The number of carboxylic acid groups (broad SMARTS) is 1. The highest BCUT2D eigenvalue weighted by molar-refractivity contribution is 5.96. The molecule has 3 aromatic rings. The predicted molar refractivity (Wildman–Crippen MR) is 94.7 cm³/mol. The van der Waals surface area contributed by atoms with E-state index in [1.165, 1.54) is 0 Å². The summed E-state index contributed by atoms with van der Waals surface area (Å²) in [6.07, 6.45) is 0. The summed E-state index contributed by atoms with van der Waals surface area (Å²) in [7, 11) is 1.79. The molecule has 0 radical (unpaired) electrons. The molecule has 0 fully saturated rings. The number of ether oxygens (including phenoxy) is 1. The molecule has 4 heteroatoms. The maximum atomic E-state index is 11.4. The Bertz CT molecular complexity index is 879. The summed E-state index contributed by atoms with van der Waals surface area (Å²) in [5.41, 5.74) is 3.43. The summed E-state index contributed by atoms with van der Waals surface area (Å²) in [4.78, 5) is 11.4. The summed E-state index contributed by atoms with van der Waals surface area (Å²) >= 11 is 0. The highest BCUT2D eigenvalue weighted by Gasteiger charge is 2.17. The van der Waals surface area contributed by atoms with Crippen LogP contribution in [-0.2, 0) is 13.7 Å². The summed E-state index contributed by atoms with van der Waals surface area (Å²) < 4.78 is 7.69. The third kappa shape index (κ3) is 3.00. The van der Waals surface area contributed by atoms with E-state index in [-0.39, 0.29) is 11.6 Å². The third-order valence-electron chi connectivity index (χ3n) is 4.22. The van der Waals surface area contributed by atoms with Crippen molar-refractivity contribution in [1.82, 2.24) is 4.57 Å². The molecule has 0 unspecified atom stereocenters. The van der Waals surface area contributed by atoms with Gasteiger partial charge in [-0.25, -0.2) is 4.79 Å². The highest BCUT2D eigenvalue weighted by atomic mass is 16.5. The zero-order valence-electron chi connectivity index (χ0n) is 14.1. The van der Waals surface area contributed by atoms with Crippen molar-refractivity contribution in [1.29, 1.82) is 0 Å². The Morgan fingerprint density at radius 2 is 1.88 bits per heavy atom. The van der Waals surface area contributed by atoms with Gasteiger partial charge in [0, 0.05) is 12.4 Å². The Balaban J connectivity index is 2.02. The smallest absolute Gasteiger partial charge is 0.352 e. The predicted octanol–water partition coefficient (Wildman–Crippen LogP) is 4.58. The van der Waals surface area contributed by atoms with E-state index < -0.39 is 5.97 Å². The molecule has 0 aliphatic heterocycles. The SMILES string of the molecule is CC(C)c1cc(OCc2ccccc2)cc2cc(C(=O)O)n(C)c12. The maximum Gasteiger partial charge on any atom is 0.352 e. The van der Waals surface area contributed by atoms with Gasteiger partial charge < -0.3 is 14.4 Å². The first-order valence-electron chi connectivity index (χ1n) is 8.00. The summed E-state index contributed by atoms with van der Waals surface area (Å²) in [5, 5.41) is 10.3. The number of benzene rings is 2. The molecular weight excluding hydrogens is 302 g/mol. The molecule has 2 aromatic carbocycles. The van der Waals surface area contributed by atoms with Gasteiger partial charge in [-0.1, -0.05) is 44.2 Å². The number of hydrogen-bond acceptors (Lipinski definition) is 2. The standard InChI is InChI=1S/C20H21NO3/c1-13(2)17-11-16(24-12-14-7-5-4-6-8-14)9-15-10-18(20(22)23)21(3)19(15)17/h4-11,13H,12H2,1-3H3,(H,22,23). The molecule has 3 rings (SSSR count). The van der Waals surface area contributed by atoms with Crippen molar-refractivity contribution in [2.75, 3.05) is 0 Å². The van der Waals surface area contributed by atoms with Crippen LogP contribution in [0.1, 0.15) is 41.4 Å². The number of rotatable bonds is 5. The van der Waals surface area contributed by atoms with Crippen LogP contribution in [-0.4, -0.2) is 15.6 Å². The first-order chi connectivity index (χ1) is 11.5. The van der Waals surface area contributed by atoms with Crippen molar-refractivity contribution in [2.45, 2.75) is 26.4 Å². The van der Waals surface area contributed by atoms with Gasteiger partial charge in [0.1, 0.15) is 18.1 Å². The highest BCUT2D eigenvalue weighted by Crippen LogP contribution is 2.32. The number of hydrogen-bond donors (Lipinski definition) is 1. The molecule has 1 aromatic heterocycles. The van der Waals surface area contributed by atoms with Crippen molar-refractivity contribution < 1.29 is 14.6 Å². The second kappa shape index (κ2) is 6.40. The van der Waals surface area contributed by atoms with Gasteiger partial charge >= 0.3 is 5.97 Å². The fourth-order valence-electron chi connectivity index (χ4n) is 2.98. The lowest BCUT2D eigenvalue weighted by molar-refractivity contribution is 0.0687. The van der Waals surface area contributed by atoms with Crippen LogP contribution in [0.25, 0.3) is 10.9 Å². The van der Waals surface area contributed by atoms with Gasteiger partial charge in [-0.2, -0.15) is 0 Å². The van der Waals surface area contributed by atoms with Crippen LogP contribution in [0.15, 0.2) is 48.5 Å². The Morgan fingerprint density at radius 1 is 1.17 bits per heavy atom. The van der Waals surface area contributed by atoms with E-state index in [4.69, 9.17) is 4.74 Å². The van der Waals surface area contributed by atoms with E-state index in [1.807, 2.05) is 42.5 Å². The minimum absolute atomic E-state index is 0.267. The quantitative estimate of drug-likeness (QED) is 0.748. The molecule has 0 aliphatic rings. The van der Waals surface area contributed by atoms with Crippen LogP contribution < -0.4 is 4.74 Å². The van der Waals surface area contributed by atoms with Gasteiger partial charge in [0.05, 0.1) is 5.52 Å². The van der Waals surface area contributed by atoms with Gasteiger partial charge in [0.2, 0.25) is 0 Å². The second-order valence-corrected chi connectivity index (χ2v) is 6.27. The van der Waals surface area contributed by atoms with E-state index in [9.17, 15) is 9.90 Å². The summed E-state index contributed by atoms with van der Waals surface area (Å²) in [6, 6.07) is 15.6. The van der Waals surface area contributed by atoms with E-state index in [0.717, 1.165) is 27.8 Å². The largest absolute Gasteiger partial charge is 0.489 e. The van der Waals surface area contributed by atoms with Crippen molar-refractivity contribution >= 4 is 16.9 Å². The first kappa shape index (κ1) is 16.1. The van der Waals surface area contributed by atoms with E-state index in [0.29, 0.717) is 6.61 Å². The van der Waals surface area contributed by atoms with Gasteiger partial charge in [-0.15, -0.1) is 0 Å².